The van der Waals surface area contributed by atoms with E-state index in [1.807, 2.05) is 25.1 Å². The highest BCUT2D eigenvalue weighted by molar-refractivity contribution is 5.51. The molecule has 0 heterocycles. The number of hydrogen-bond acceptors (Lipinski definition) is 2. The van der Waals surface area contributed by atoms with Gasteiger partial charge in [0.05, 0.1) is 12.7 Å². The molecule has 0 saturated heterocycles. The van der Waals surface area contributed by atoms with Gasteiger partial charge < -0.3 is 9.84 Å². The first-order valence-corrected chi connectivity index (χ1v) is 4.60. The number of benzene rings is 1. The third-order valence-corrected chi connectivity index (χ3v) is 2.87. The maximum Gasteiger partial charge on any atom is 0.125 e. The molecule has 2 nitrogen and oxygen atoms in total. The summed E-state index contributed by atoms with van der Waals surface area (Å²) < 4.78 is 5.21. The van der Waals surface area contributed by atoms with Gasteiger partial charge in [-0.2, -0.15) is 0 Å². The van der Waals surface area contributed by atoms with Gasteiger partial charge in [0.15, 0.2) is 0 Å². The molecule has 0 aliphatic heterocycles. The summed E-state index contributed by atoms with van der Waals surface area (Å²) in [5, 5.41) is 10.1. The van der Waals surface area contributed by atoms with E-state index in [2.05, 4.69) is 0 Å². The van der Waals surface area contributed by atoms with Crippen LogP contribution in [0.5, 0.6) is 5.75 Å². The van der Waals surface area contributed by atoms with Crippen molar-refractivity contribution in [3.8, 4) is 5.75 Å². The Kier molecular flexibility index (Phi) is 1.81. The smallest absolute Gasteiger partial charge is 0.125 e. The third-order valence-electron chi connectivity index (χ3n) is 2.87. The molecule has 1 N–H and O–H groups in total. The first-order valence-electron chi connectivity index (χ1n) is 4.60. The Bertz CT molecular complexity index is 333. The molecule has 1 unspecified atom stereocenters. The predicted octanol–water partition coefficient (Wildman–Crippen LogP) is 1.85. The van der Waals surface area contributed by atoms with E-state index < -0.39 is 5.60 Å². The van der Waals surface area contributed by atoms with E-state index in [9.17, 15) is 5.11 Å². The van der Waals surface area contributed by atoms with Gasteiger partial charge in [0.25, 0.3) is 0 Å². The molecule has 13 heavy (non-hydrogen) atoms. The maximum atomic E-state index is 10.1. The van der Waals surface area contributed by atoms with Gasteiger partial charge in [0, 0.05) is 12.0 Å². The van der Waals surface area contributed by atoms with Gasteiger partial charge in [-0.3, -0.25) is 0 Å². The molecule has 1 aromatic rings. The fourth-order valence-corrected chi connectivity index (χ4v) is 2.02. The molecule has 0 aromatic heterocycles. The Labute approximate surface area is 78.2 Å². The van der Waals surface area contributed by atoms with Gasteiger partial charge in [-0.15, -0.1) is 0 Å². The highest BCUT2D eigenvalue weighted by Gasteiger charge is 2.41. The SMILES string of the molecule is CCC1(O)Cc2cccc(OC)c21. The molecular formula is C11H14O2. The van der Waals surface area contributed by atoms with Gasteiger partial charge in [-0.1, -0.05) is 19.1 Å². The highest BCUT2D eigenvalue weighted by atomic mass is 16.5. The number of rotatable bonds is 2. The Hall–Kier alpha value is -1.02. The average Bonchev–Trinajstić information content (AvgIpc) is 2.15. The van der Waals surface area contributed by atoms with Gasteiger partial charge in [0.1, 0.15) is 5.75 Å². The molecule has 2 heteroatoms. The quantitative estimate of drug-likeness (QED) is 0.748. The first kappa shape index (κ1) is 8.57. The van der Waals surface area contributed by atoms with Gasteiger partial charge in [-0.05, 0) is 18.1 Å². The van der Waals surface area contributed by atoms with Crippen LogP contribution >= 0.6 is 0 Å². The highest BCUT2D eigenvalue weighted by Crippen LogP contribution is 2.46. The van der Waals surface area contributed by atoms with Crippen molar-refractivity contribution in [1.82, 2.24) is 0 Å². The minimum absolute atomic E-state index is 0.637. The monoisotopic (exact) mass is 178 g/mol. The average molecular weight is 178 g/mol. The molecule has 1 aromatic carbocycles. The Morgan fingerprint density at radius 3 is 2.92 bits per heavy atom. The lowest BCUT2D eigenvalue weighted by Gasteiger charge is -2.39. The molecule has 2 rings (SSSR count). The second-order valence-electron chi connectivity index (χ2n) is 3.56. The lowest BCUT2D eigenvalue weighted by Crippen LogP contribution is -2.38. The summed E-state index contributed by atoms with van der Waals surface area (Å²) in [5.74, 6) is 0.813. The van der Waals surface area contributed by atoms with Crippen LogP contribution in [0, 0.1) is 0 Å². The van der Waals surface area contributed by atoms with Crippen LogP contribution in [0.2, 0.25) is 0 Å². The largest absolute Gasteiger partial charge is 0.496 e. The fraction of sp³-hybridized carbons (Fsp3) is 0.455. The Morgan fingerprint density at radius 1 is 1.54 bits per heavy atom. The van der Waals surface area contributed by atoms with Crippen molar-refractivity contribution in [3.63, 3.8) is 0 Å². The normalized spacial score (nSPS) is 24.8. The van der Waals surface area contributed by atoms with Crippen molar-refractivity contribution >= 4 is 0 Å². The number of hydrogen-bond donors (Lipinski definition) is 1. The van der Waals surface area contributed by atoms with Crippen LogP contribution in [0.25, 0.3) is 0 Å². The number of fused-ring (bicyclic) bond motifs is 1. The van der Waals surface area contributed by atoms with E-state index in [1.165, 1.54) is 5.56 Å². The van der Waals surface area contributed by atoms with Crippen LogP contribution in [-0.2, 0) is 12.0 Å². The van der Waals surface area contributed by atoms with E-state index >= 15 is 0 Å². The summed E-state index contributed by atoms with van der Waals surface area (Å²) in [5.41, 5.74) is 1.56. The van der Waals surface area contributed by atoms with E-state index in [0.717, 1.165) is 24.2 Å². The van der Waals surface area contributed by atoms with Crippen LogP contribution in [-0.4, -0.2) is 12.2 Å². The Morgan fingerprint density at radius 2 is 2.31 bits per heavy atom. The lowest BCUT2D eigenvalue weighted by molar-refractivity contribution is 0.00600. The van der Waals surface area contributed by atoms with Crippen molar-refractivity contribution in [2.45, 2.75) is 25.4 Å². The lowest BCUT2D eigenvalue weighted by atomic mass is 9.71. The molecule has 70 valence electrons. The summed E-state index contributed by atoms with van der Waals surface area (Å²) in [6.07, 6.45) is 1.51. The summed E-state index contributed by atoms with van der Waals surface area (Å²) in [6.45, 7) is 2.00. The molecule has 1 aliphatic rings. The minimum Gasteiger partial charge on any atom is -0.496 e. The zero-order valence-corrected chi connectivity index (χ0v) is 8.00. The molecule has 0 spiro atoms. The predicted molar refractivity (Wildman–Crippen MR) is 50.9 cm³/mol. The van der Waals surface area contributed by atoms with Gasteiger partial charge >= 0.3 is 0 Å². The first-order chi connectivity index (χ1) is 6.21. The number of ether oxygens (including phenoxy) is 1. The number of methoxy groups -OCH3 is 1. The van der Waals surface area contributed by atoms with Crippen LogP contribution in [0.4, 0.5) is 0 Å². The molecule has 0 amide bonds. The zero-order chi connectivity index (χ0) is 9.47. The minimum atomic E-state index is -0.637. The van der Waals surface area contributed by atoms with Crippen LogP contribution in [0.15, 0.2) is 18.2 Å². The third kappa shape index (κ3) is 1.05. The molecule has 0 fully saturated rings. The molecule has 1 atom stereocenters. The van der Waals surface area contributed by atoms with Crippen molar-refractivity contribution in [2.24, 2.45) is 0 Å². The molecule has 0 radical (unpaired) electrons. The van der Waals surface area contributed by atoms with Crippen LogP contribution < -0.4 is 4.74 Å². The molecular weight excluding hydrogens is 164 g/mol. The van der Waals surface area contributed by atoms with Crippen LogP contribution in [0.3, 0.4) is 0 Å². The second kappa shape index (κ2) is 2.74. The maximum absolute atomic E-state index is 10.1. The zero-order valence-electron chi connectivity index (χ0n) is 8.00. The van der Waals surface area contributed by atoms with E-state index in [1.54, 1.807) is 7.11 Å². The Balaban J connectivity index is 2.49. The molecule has 0 bridgehead atoms. The summed E-state index contributed by atoms with van der Waals surface area (Å²) in [4.78, 5) is 0. The summed E-state index contributed by atoms with van der Waals surface area (Å²) in [7, 11) is 1.64. The van der Waals surface area contributed by atoms with E-state index in [4.69, 9.17) is 4.74 Å². The topological polar surface area (TPSA) is 29.5 Å². The van der Waals surface area contributed by atoms with Crippen molar-refractivity contribution in [3.05, 3.63) is 29.3 Å². The summed E-state index contributed by atoms with van der Waals surface area (Å²) >= 11 is 0. The second-order valence-corrected chi connectivity index (χ2v) is 3.56. The van der Waals surface area contributed by atoms with Crippen LogP contribution in [0.1, 0.15) is 24.5 Å². The van der Waals surface area contributed by atoms with Crippen molar-refractivity contribution in [2.75, 3.05) is 7.11 Å². The van der Waals surface area contributed by atoms with E-state index in [-0.39, 0.29) is 0 Å². The van der Waals surface area contributed by atoms with Gasteiger partial charge in [-0.25, -0.2) is 0 Å². The standard InChI is InChI=1S/C11H14O2/c1-3-11(12)7-8-5-4-6-9(13-2)10(8)11/h4-6,12H,3,7H2,1-2H3. The fourth-order valence-electron chi connectivity index (χ4n) is 2.02. The molecule has 1 aliphatic carbocycles. The molecule has 0 saturated carbocycles. The van der Waals surface area contributed by atoms with Gasteiger partial charge in [0.2, 0.25) is 0 Å². The van der Waals surface area contributed by atoms with Crippen molar-refractivity contribution in [1.29, 1.82) is 0 Å². The summed E-state index contributed by atoms with van der Waals surface area (Å²) in [6, 6.07) is 5.91. The van der Waals surface area contributed by atoms with E-state index in [0.29, 0.717) is 0 Å². The van der Waals surface area contributed by atoms with Crippen molar-refractivity contribution < 1.29 is 9.84 Å². The number of aliphatic hydroxyl groups is 1.